The molecule has 0 saturated heterocycles. The SMILES string of the molecule is CCN(C(=O)c1cccc(NC(=O)CCC(=O)OCCCc2ccccc2)c1)c1ccccc1. The van der Waals surface area contributed by atoms with Gasteiger partial charge >= 0.3 is 5.97 Å². The van der Waals surface area contributed by atoms with Gasteiger partial charge in [-0.05, 0) is 55.7 Å². The number of hydrogen-bond donors (Lipinski definition) is 1. The summed E-state index contributed by atoms with van der Waals surface area (Å²) in [6.45, 7) is 2.76. The molecule has 0 heterocycles. The van der Waals surface area contributed by atoms with Gasteiger partial charge in [-0.25, -0.2) is 0 Å². The zero-order chi connectivity index (χ0) is 24.2. The van der Waals surface area contributed by atoms with Gasteiger partial charge in [-0.2, -0.15) is 0 Å². The van der Waals surface area contributed by atoms with E-state index in [1.165, 1.54) is 5.56 Å². The van der Waals surface area contributed by atoms with Crippen molar-refractivity contribution in [2.45, 2.75) is 32.6 Å². The van der Waals surface area contributed by atoms with Crippen LogP contribution in [0.5, 0.6) is 0 Å². The van der Waals surface area contributed by atoms with E-state index in [1.54, 1.807) is 29.2 Å². The van der Waals surface area contributed by atoms with Gasteiger partial charge in [-0.1, -0.05) is 54.6 Å². The monoisotopic (exact) mass is 458 g/mol. The first-order valence-corrected chi connectivity index (χ1v) is 11.5. The zero-order valence-corrected chi connectivity index (χ0v) is 19.4. The fourth-order valence-corrected chi connectivity index (χ4v) is 3.56. The highest BCUT2D eigenvalue weighted by Gasteiger charge is 2.17. The number of hydrogen-bond acceptors (Lipinski definition) is 4. The van der Waals surface area contributed by atoms with Crippen molar-refractivity contribution in [1.29, 1.82) is 0 Å². The molecule has 0 bridgehead atoms. The number of nitrogens with one attached hydrogen (secondary N) is 1. The van der Waals surface area contributed by atoms with Gasteiger partial charge in [0.25, 0.3) is 5.91 Å². The summed E-state index contributed by atoms with van der Waals surface area (Å²) in [7, 11) is 0. The van der Waals surface area contributed by atoms with E-state index in [0.717, 1.165) is 18.5 Å². The van der Waals surface area contributed by atoms with Crippen LogP contribution in [0.15, 0.2) is 84.9 Å². The number of esters is 1. The maximum atomic E-state index is 13.0. The van der Waals surface area contributed by atoms with Crippen molar-refractivity contribution >= 4 is 29.2 Å². The Labute approximate surface area is 200 Å². The molecule has 3 aromatic carbocycles. The molecule has 0 atom stereocenters. The molecule has 0 unspecified atom stereocenters. The van der Waals surface area contributed by atoms with Gasteiger partial charge in [0.15, 0.2) is 0 Å². The van der Waals surface area contributed by atoms with Gasteiger partial charge in [0.05, 0.1) is 13.0 Å². The van der Waals surface area contributed by atoms with E-state index in [1.807, 2.05) is 67.6 Å². The lowest BCUT2D eigenvalue weighted by atomic mass is 10.1. The van der Waals surface area contributed by atoms with Crippen molar-refractivity contribution in [3.63, 3.8) is 0 Å². The number of benzene rings is 3. The average Bonchev–Trinajstić information content (AvgIpc) is 2.87. The summed E-state index contributed by atoms with van der Waals surface area (Å²) in [4.78, 5) is 38.9. The normalized spacial score (nSPS) is 10.4. The van der Waals surface area contributed by atoms with Crippen LogP contribution in [0.25, 0.3) is 0 Å². The molecule has 0 fully saturated rings. The third-order valence-electron chi connectivity index (χ3n) is 5.29. The van der Waals surface area contributed by atoms with E-state index in [-0.39, 0.29) is 24.7 Å². The van der Waals surface area contributed by atoms with E-state index in [4.69, 9.17) is 4.74 Å². The first kappa shape index (κ1) is 24.7. The van der Waals surface area contributed by atoms with Crippen molar-refractivity contribution in [3.05, 3.63) is 96.1 Å². The van der Waals surface area contributed by atoms with Crippen LogP contribution in [0.3, 0.4) is 0 Å². The summed E-state index contributed by atoms with van der Waals surface area (Å²) in [6, 6.07) is 26.2. The summed E-state index contributed by atoms with van der Waals surface area (Å²) in [5.41, 5.74) is 2.99. The molecule has 3 aromatic rings. The lowest BCUT2D eigenvalue weighted by Gasteiger charge is -2.21. The van der Waals surface area contributed by atoms with Gasteiger partial charge in [0, 0.05) is 29.9 Å². The Morgan fingerprint density at radius 2 is 1.56 bits per heavy atom. The maximum Gasteiger partial charge on any atom is 0.306 e. The van der Waals surface area contributed by atoms with Crippen LogP contribution >= 0.6 is 0 Å². The molecular weight excluding hydrogens is 428 g/mol. The van der Waals surface area contributed by atoms with Crippen LogP contribution in [0.2, 0.25) is 0 Å². The molecule has 34 heavy (non-hydrogen) atoms. The van der Waals surface area contributed by atoms with Crippen LogP contribution in [0.1, 0.15) is 42.1 Å². The van der Waals surface area contributed by atoms with E-state index in [2.05, 4.69) is 5.32 Å². The summed E-state index contributed by atoms with van der Waals surface area (Å²) in [6.07, 6.45) is 1.60. The molecule has 0 aliphatic heterocycles. The number of nitrogens with zero attached hydrogens (tertiary/aromatic N) is 1. The standard InChI is InChI=1S/C28H30N2O4/c1-2-30(25-16-7-4-8-17-25)28(33)23-14-9-15-24(21-23)29-26(31)18-19-27(32)34-20-10-13-22-11-5-3-6-12-22/h3-9,11-12,14-17,21H,2,10,13,18-20H2,1H3,(H,29,31). The minimum absolute atomic E-state index is 0.00735. The van der Waals surface area contributed by atoms with Crippen molar-refractivity contribution in [3.8, 4) is 0 Å². The number of ether oxygens (including phenoxy) is 1. The first-order valence-electron chi connectivity index (χ1n) is 11.5. The number of carbonyl (C=O) groups is 3. The zero-order valence-electron chi connectivity index (χ0n) is 19.4. The second kappa shape index (κ2) is 12.9. The Balaban J connectivity index is 1.44. The fourth-order valence-electron chi connectivity index (χ4n) is 3.56. The van der Waals surface area contributed by atoms with Gasteiger partial charge in [0.1, 0.15) is 0 Å². The second-order valence-corrected chi connectivity index (χ2v) is 7.82. The number of para-hydroxylation sites is 1. The van der Waals surface area contributed by atoms with E-state index >= 15 is 0 Å². The Bertz CT molecular complexity index is 1080. The largest absolute Gasteiger partial charge is 0.466 e. The van der Waals surface area contributed by atoms with Crippen LogP contribution < -0.4 is 10.2 Å². The van der Waals surface area contributed by atoms with Crippen molar-refractivity contribution < 1.29 is 19.1 Å². The topological polar surface area (TPSA) is 75.7 Å². The number of carbonyl (C=O) groups excluding carboxylic acids is 3. The number of rotatable bonds is 11. The predicted octanol–water partition coefficient (Wildman–Crippen LogP) is 5.25. The predicted molar refractivity (Wildman–Crippen MR) is 134 cm³/mol. The quantitative estimate of drug-likeness (QED) is 0.315. The van der Waals surface area contributed by atoms with Crippen molar-refractivity contribution in [1.82, 2.24) is 0 Å². The van der Waals surface area contributed by atoms with Crippen LogP contribution in [0, 0.1) is 0 Å². The van der Waals surface area contributed by atoms with E-state index < -0.39 is 5.97 Å². The number of anilines is 2. The second-order valence-electron chi connectivity index (χ2n) is 7.82. The lowest BCUT2D eigenvalue weighted by molar-refractivity contribution is -0.144. The molecule has 0 aromatic heterocycles. The van der Waals surface area contributed by atoms with E-state index in [0.29, 0.717) is 24.4 Å². The van der Waals surface area contributed by atoms with Crippen LogP contribution in [-0.2, 0) is 20.7 Å². The molecule has 0 aliphatic rings. The molecule has 6 heteroatoms. The fraction of sp³-hybridized carbons (Fsp3) is 0.250. The average molecular weight is 459 g/mol. The van der Waals surface area contributed by atoms with Crippen LogP contribution in [0.4, 0.5) is 11.4 Å². The molecule has 1 N–H and O–H groups in total. The Morgan fingerprint density at radius 3 is 2.26 bits per heavy atom. The molecule has 6 nitrogen and oxygen atoms in total. The van der Waals surface area contributed by atoms with Crippen LogP contribution in [-0.4, -0.2) is 30.9 Å². The van der Waals surface area contributed by atoms with Gasteiger partial charge in [0.2, 0.25) is 5.91 Å². The molecule has 0 saturated carbocycles. The summed E-state index contributed by atoms with van der Waals surface area (Å²) < 4.78 is 5.23. The third-order valence-corrected chi connectivity index (χ3v) is 5.29. The van der Waals surface area contributed by atoms with Gasteiger partial charge in [-0.3, -0.25) is 14.4 Å². The first-order chi connectivity index (χ1) is 16.6. The Hall–Kier alpha value is -3.93. The number of aryl methyl sites for hydroxylation is 1. The Kier molecular flexibility index (Phi) is 9.40. The minimum atomic E-state index is -0.395. The molecular formula is C28H30N2O4. The molecule has 0 radical (unpaired) electrons. The molecule has 3 rings (SSSR count). The molecule has 0 aliphatic carbocycles. The third kappa shape index (κ3) is 7.59. The van der Waals surface area contributed by atoms with Gasteiger partial charge in [-0.15, -0.1) is 0 Å². The Morgan fingerprint density at radius 1 is 0.853 bits per heavy atom. The van der Waals surface area contributed by atoms with Crippen molar-refractivity contribution in [2.24, 2.45) is 0 Å². The highest BCUT2D eigenvalue weighted by molar-refractivity contribution is 6.07. The van der Waals surface area contributed by atoms with Gasteiger partial charge < -0.3 is 15.0 Å². The highest BCUT2D eigenvalue weighted by atomic mass is 16.5. The minimum Gasteiger partial charge on any atom is -0.466 e. The number of amides is 2. The maximum absolute atomic E-state index is 13.0. The smallest absolute Gasteiger partial charge is 0.306 e. The summed E-state index contributed by atoms with van der Waals surface area (Å²) in [5.74, 6) is -0.848. The summed E-state index contributed by atoms with van der Waals surface area (Å²) >= 11 is 0. The molecule has 176 valence electrons. The molecule has 2 amide bonds. The molecule has 0 spiro atoms. The highest BCUT2D eigenvalue weighted by Crippen LogP contribution is 2.19. The summed E-state index contributed by atoms with van der Waals surface area (Å²) in [5, 5.41) is 2.76. The van der Waals surface area contributed by atoms with E-state index in [9.17, 15) is 14.4 Å². The van der Waals surface area contributed by atoms with Crippen molar-refractivity contribution in [2.75, 3.05) is 23.4 Å². The lowest BCUT2D eigenvalue weighted by Crippen LogP contribution is -2.30.